The Morgan fingerprint density at radius 1 is 0.472 bits per heavy atom. The first-order valence-corrected chi connectivity index (χ1v) is 14.9. The second-order valence-corrected chi connectivity index (χ2v) is 9.71. The minimum atomic E-state index is -0.487. The van der Waals surface area contributed by atoms with Crippen LogP contribution in [0.25, 0.3) is 0 Å². The summed E-state index contributed by atoms with van der Waals surface area (Å²) in [6.07, 6.45) is 31.0. The lowest BCUT2D eigenvalue weighted by Gasteiger charge is -2.01. The number of unbranched alkanes of at least 4 members (excludes halogenated alkanes) is 18. The van der Waals surface area contributed by atoms with Crippen molar-refractivity contribution in [3.05, 3.63) is 24.3 Å². The van der Waals surface area contributed by atoms with E-state index in [1.54, 1.807) is 0 Å². The van der Waals surface area contributed by atoms with Crippen molar-refractivity contribution >= 4 is 11.9 Å². The van der Waals surface area contributed by atoms with Gasteiger partial charge in [-0.2, -0.15) is 9.68 Å². The maximum absolute atomic E-state index is 11.6. The zero-order chi connectivity index (χ0) is 26.4. The molecule has 0 aliphatic rings. The molecule has 0 saturated heterocycles. The van der Waals surface area contributed by atoms with Crippen molar-refractivity contribution in [3.63, 3.8) is 0 Å². The number of hydrogen-bond acceptors (Lipinski definition) is 6. The van der Waals surface area contributed by atoms with Crippen LogP contribution in [0.3, 0.4) is 0 Å². The Bertz CT molecular complexity index is 501. The lowest BCUT2D eigenvalue weighted by atomic mass is 10.1. The van der Waals surface area contributed by atoms with Crippen LogP contribution < -0.4 is 11.0 Å². The van der Waals surface area contributed by atoms with Crippen molar-refractivity contribution in [2.75, 3.05) is 13.1 Å². The maximum atomic E-state index is 11.6. The first-order valence-electron chi connectivity index (χ1n) is 14.9. The highest BCUT2D eigenvalue weighted by molar-refractivity contribution is 5.84. The second kappa shape index (κ2) is 29.6. The summed E-state index contributed by atoms with van der Waals surface area (Å²) in [6.45, 7) is 5.80. The molecule has 0 aromatic carbocycles. The van der Waals surface area contributed by atoms with E-state index >= 15 is 0 Å². The highest BCUT2D eigenvalue weighted by Gasteiger charge is 2.13. The van der Waals surface area contributed by atoms with Crippen molar-refractivity contribution in [1.29, 1.82) is 0 Å². The summed E-state index contributed by atoms with van der Waals surface area (Å²) in [7, 11) is 0. The SMILES string of the molecule is CCCCCCCCCCCCNOC(=[O+])/C=C/C=C/C(=[O+])ONCCCCCCCCCCCC. The number of nitrogens with one attached hydrogen (secondary N) is 2. The van der Waals surface area contributed by atoms with Gasteiger partial charge in [0.15, 0.2) is 0 Å². The van der Waals surface area contributed by atoms with E-state index in [2.05, 4.69) is 24.8 Å². The van der Waals surface area contributed by atoms with E-state index in [0.29, 0.717) is 13.1 Å². The van der Waals surface area contributed by atoms with Crippen LogP contribution in [0.4, 0.5) is 0 Å². The Hall–Kier alpha value is -1.66. The molecular formula is C30H56N2O4+2. The Labute approximate surface area is 222 Å². The fourth-order valence-electron chi connectivity index (χ4n) is 3.95. The number of carbonyl (C=O) groups excluding carboxylic acids is 2. The van der Waals surface area contributed by atoms with Crippen LogP contribution in [-0.4, -0.2) is 25.0 Å². The van der Waals surface area contributed by atoms with Crippen LogP contribution in [-0.2, 0) is 19.3 Å². The molecule has 0 aliphatic heterocycles. The molecule has 208 valence electrons. The molecule has 0 bridgehead atoms. The number of carbonyl (C=O) groups is 2. The van der Waals surface area contributed by atoms with Gasteiger partial charge in [-0.1, -0.05) is 140 Å². The van der Waals surface area contributed by atoms with Crippen LogP contribution in [0.1, 0.15) is 142 Å². The van der Waals surface area contributed by atoms with E-state index in [9.17, 15) is 9.59 Å². The molecule has 6 heteroatoms. The van der Waals surface area contributed by atoms with Gasteiger partial charge in [-0.25, -0.2) is 0 Å². The van der Waals surface area contributed by atoms with Crippen LogP contribution >= 0.6 is 0 Å². The fourth-order valence-corrected chi connectivity index (χ4v) is 3.95. The van der Waals surface area contributed by atoms with Gasteiger partial charge < -0.3 is 0 Å². The second-order valence-electron chi connectivity index (χ2n) is 9.71. The molecule has 0 spiro atoms. The first kappa shape index (κ1) is 34.3. The van der Waals surface area contributed by atoms with Gasteiger partial charge in [0.2, 0.25) is 0 Å². The van der Waals surface area contributed by atoms with Crippen LogP contribution in [0, 0.1) is 0 Å². The fraction of sp³-hybridized carbons (Fsp3) is 0.800. The quantitative estimate of drug-likeness (QED) is 0.0384. The summed E-state index contributed by atoms with van der Waals surface area (Å²) in [5, 5.41) is 0. The van der Waals surface area contributed by atoms with Gasteiger partial charge in [0.1, 0.15) is 0 Å². The third-order valence-electron chi connectivity index (χ3n) is 6.19. The molecule has 0 atom stereocenters. The van der Waals surface area contributed by atoms with E-state index in [4.69, 9.17) is 9.68 Å². The molecule has 0 aliphatic carbocycles. The smallest absolute Gasteiger partial charge is 0.195 e. The average Bonchev–Trinajstić information content (AvgIpc) is 2.88. The van der Waals surface area contributed by atoms with Crippen LogP contribution in [0.2, 0.25) is 0 Å². The Kier molecular flexibility index (Phi) is 28.2. The molecule has 0 aromatic heterocycles. The maximum Gasteiger partial charge on any atom is 0.623 e. The first-order chi connectivity index (χ1) is 17.7. The molecule has 2 N–H and O–H groups in total. The van der Waals surface area contributed by atoms with Gasteiger partial charge in [-0.05, 0) is 25.0 Å². The van der Waals surface area contributed by atoms with Crippen LogP contribution in [0.15, 0.2) is 24.3 Å². The summed E-state index contributed by atoms with van der Waals surface area (Å²) >= 11 is 0. The third kappa shape index (κ3) is 28.6. The number of hydrogen-bond donors (Lipinski definition) is 2. The van der Waals surface area contributed by atoms with Crippen LogP contribution in [0.5, 0.6) is 0 Å². The zero-order valence-corrected chi connectivity index (χ0v) is 23.5. The summed E-state index contributed by atoms with van der Waals surface area (Å²) in [6, 6.07) is 0. The average molecular weight is 509 g/mol. The van der Waals surface area contributed by atoms with Gasteiger partial charge in [0, 0.05) is 0 Å². The van der Waals surface area contributed by atoms with Gasteiger partial charge in [-0.3, -0.25) is 0 Å². The van der Waals surface area contributed by atoms with Crippen molar-refractivity contribution in [3.8, 4) is 0 Å². The minimum absolute atomic E-state index is 0.487. The molecule has 0 amide bonds. The molecule has 0 fully saturated rings. The van der Waals surface area contributed by atoms with E-state index in [1.165, 1.54) is 127 Å². The van der Waals surface area contributed by atoms with Crippen molar-refractivity contribution < 1.29 is 19.3 Å². The summed E-state index contributed by atoms with van der Waals surface area (Å²) in [5.74, 6) is -0.974. The largest absolute Gasteiger partial charge is 0.623 e. The predicted octanol–water partition coefficient (Wildman–Crippen LogP) is 8.04. The van der Waals surface area contributed by atoms with Gasteiger partial charge in [0.25, 0.3) is 0 Å². The molecule has 2 radical (unpaired) electrons. The Balaban J connectivity index is 3.45. The molecule has 36 heavy (non-hydrogen) atoms. The Morgan fingerprint density at radius 3 is 1.06 bits per heavy atom. The number of hydroxylamine groups is 2. The number of allylic oxidation sites excluding steroid dienone is 2. The summed E-state index contributed by atoms with van der Waals surface area (Å²) in [4.78, 5) is 33.2. The van der Waals surface area contributed by atoms with E-state index in [1.807, 2.05) is 0 Å². The standard InChI is InChI=1S/C30H56N2O4/c1-3-5-7-9-11-13-15-17-19-23-27-31-35-29(33)25-21-22-26-30(34)36-32-28-24-20-18-16-14-12-10-8-6-4-2/h21-22,25-26,31-32H,3-20,23-24,27-28H2,1-2H3/q+2/b25-21+,26-22+. The van der Waals surface area contributed by atoms with E-state index < -0.39 is 11.9 Å². The van der Waals surface area contributed by atoms with Crippen molar-refractivity contribution in [2.24, 2.45) is 0 Å². The topological polar surface area (TPSA) is 82.3 Å². The normalized spacial score (nSPS) is 11.5. The molecule has 0 heterocycles. The molecule has 0 rings (SSSR count). The van der Waals surface area contributed by atoms with Gasteiger partial charge >= 0.3 is 11.9 Å². The van der Waals surface area contributed by atoms with Gasteiger partial charge in [-0.15, -0.1) is 0 Å². The molecule has 0 unspecified atom stereocenters. The number of rotatable bonds is 27. The monoisotopic (exact) mass is 508 g/mol. The minimum Gasteiger partial charge on any atom is -0.195 e. The molecule has 6 nitrogen and oxygen atoms in total. The lowest BCUT2D eigenvalue weighted by Crippen LogP contribution is -2.19. The van der Waals surface area contributed by atoms with Crippen molar-refractivity contribution in [2.45, 2.75) is 142 Å². The highest BCUT2D eigenvalue weighted by Crippen LogP contribution is 2.11. The van der Waals surface area contributed by atoms with E-state index in [-0.39, 0.29) is 0 Å². The Morgan fingerprint density at radius 2 is 0.750 bits per heavy atom. The lowest BCUT2D eigenvalue weighted by molar-refractivity contribution is -0.145. The summed E-state index contributed by atoms with van der Waals surface area (Å²) < 4.78 is 0. The van der Waals surface area contributed by atoms with Crippen molar-refractivity contribution in [1.82, 2.24) is 11.0 Å². The highest BCUT2D eigenvalue weighted by atomic mass is 16.7. The molecule has 0 saturated carbocycles. The van der Waals surface area contributed by atoms with E-state index in [0.717, 1.165) is 25.7 Å². The zero-order valence-electron chi connectivity index (χ0n) is 23.5. The molecular weight excluding hydrogens is 452 g/mol. The third-order valence-corrected chi connectivity index (χ3v) is 6.19. The van der Waals surface area contributed by atoms with Gasteiger partial charge in [0.05, 0.1) is 34.8 Å². The molecule has 0 aromatic rings. The summed E-state index contributed by atoms with van der Waals surface area (Å²) in [5.41, 5.74) is 5.40. The predicted molar refractivity (Wildman–Crippen MR) is 150 cm³/mol.